The number of aryl methyl sites for hydroxylation is 2. The van der Waals surface area contributed by atoms with Crippen LogP contribution in [0.5, 0.6) is 0 Å². The van der Waals surface area contributed by atoms with Crippen molar-refractivity contribution >= 4 is 5.82 Å². The SMILES string of the molecule is Cc1cnc(C)c(N[C@@H](C)c2ccncc2)n1. The van der Waals surface area contributed by atoms with Gasteiger partial charge in [0.2, 0.25) is 0 Å². The van der Waals surface area contributed by atoms with E-state index in [0.29, 0.717) is 0 Å². The smallest absolute Gasteiger partial charge is 0.148 e. The summed E-state index contributed by atoms with van der Waals surface area (Å²) < 4.78 is 0. The Balaban J connectivity index is 2.18. The molecule has 0 aliphatic rings. The van der Waals surface area contributed by atoms with Crippen LogP contribution in [0.2, 0.25) is 0 Å². The van der Waals surface area contributed by atoms with Crippen molar-refractivity contribution in [1.82, 2.24) is 15.0 Å². The average Bonchev–Trinajstić information content (AvgIpc) is 2.35. The second kappa shape index (κ2) is 4.91. The highest BCUT2D eigenvalue weighted by molar-refractivity contribution is 5.42. The van der Waals surface area contributed by atoms with Crippen LogP contribution < -0.4 is 5.32 Å². The summed E-state index contributed by atoms with van der Waals surface area (Å²) >= 11 is 0. The Morgan fingerprint density at radius 2 is 1.88 bits per heavy atom. The Labute approximate surface area is 101 Å². The first-order chi connectivity index (χ1) is 8.16. The highest BCUT2D eigenvalue weighted by Gasteiger charge is 2.08. The van der Waals surface area contributed by atoms with Crippen molar-refractivity contribution in [2.24, 2.45) is 0 Å². The van der Waals surface area contributed by atoms with E-state index in [2.05, 4.69) is 27.2 Å². The van der Waals surface area contributed by atoms with Gasteiger partial charge in [-0.2, -0.15) is 0 Å². The van der Waals surface area contributed by atoms with Crippen LogP contribution >= 0.6 is 0 Å². The van der Waals surface area contributed by atoms with E-state index in [1.54, 1.807) is 18.6 Å². The predicted molar refractivity (Wildman–Crippen MR) is 67.8 cm³/mol. The van der Waals surface area contributed by atoms with Gasteiger partial charge in [-0.3, -0.25) is 9.97 Å². The molecule has 4 heteroatoms. The number of nitrogens with one attached hydrogen (secondary N) is 1. The van der Waals surface area contributed by atoms with Crippen LogP contribution in [0.1, 0.15) is 29.9 Å². The fourth-order valence-corrected chi connectivity index (χ4v) is 1.61. The number of hydrogen-bond acceptors (Lipinski definition) is 4. The van der Waals surface area contributed by atoms with Gasteiger partial charge in [0, 0.05) is 18.6 Å². The Bertz CT molecular complexity index is 496. The van der Waals surface area contributed by atoms with Crippen LogP contribution in [0.15, 0.2) is 30.7 Å². The zero-order valence-corrected chi connectivity index (χ0v) is 10.3. The van der Waals surface area contributed by atoms with Crippen molar-refractivity contribution in [1.29, 1.82) is 0 Å². The molecule has 0 radical (unpaired) electrons. The number of anilines is 1. The molecule has 0 unspecified atom stereocenters. The van der Waals surface area contributed by atoms with Crippen LogP contribution in [-0.2, 0) is 0 Å². The van der Waals surface area contributed by atoms with Gasteiger partial charge in [-0.1, -0.05) is 0 Å². The van der Waals surface area contributed by atoms with E-state index < -0.39 is 0 Å². The van der Waals surface area contributed by atoms with E-state index in [0.717, 1.165) is 17.2 Å². The van der Waals surface area contributed by atoms with Crippen LogP contribution in [0.25, 0.3) is 0 Å². The average molecular weight is 228 g/mol. The molecule has 0 aliphatic carbocycles. The highest BCUT2D eigenvalue weighted by atomic mass is 15.0. The molecule has 0 saturated heterocycles. The normalized spacial score (nSPS) is 12.2. The van der Waals surface area contributed by atoms with Crippen molar-refractivity contribution in [2.75, 3.05) is 5.32 Å². The first-order valence-corrected chi connectivity index (χ1v) is 5.63. The Morgan fingerprint density at radius 1 is 1.18 bits per heavy atom. The summed E-state index contributed by atoms with van der Waals surface area (Å²) in [6.07, 6.45) is 5.36. The third kappa shape index (κ3) is 2.78. The van der Waals surface area contributed by atoms with Crippen LogP contribution in [-0.4, -0.2) is 15.0 Å². The molecule has 1 atom stereocenters. The maximum atomic E-state index is 4.45. The molecule has 88 valence electrons. The molecule has 0 spiro atoms. The van der Waals surface area contributed by atoms with Gasteiger partial charge < -0.3 is 5.32 Å². The molecule has 2 rings (SSSR count). The quantitative estimate of drug-likeness (QED) is 0.877. The molecule has 4 nitrogen and oxygen atoms in total. The zero-order valence-electron chi connectivity index (χ0n) is 10.3. The van der Waals surface area contributed by atoms with Gasteiger partial charge >= 0.3 is 0 Å². The van der Waals surface area contributed by atoms with Gasteiger partial charge in [-0.15, -0.1) is 0 Å². The predicted octanol–water partition coefficient (Wildman–Crippen LogP) is 2.66. The summed E-state index contributed by atoms with van der Waals surface area (Å²) in [6, 6.07) is 4.18. The summed E-state index contributed by atoms with van der Waals surface area (Å²) in [5.41, 5.74) is 3.01. The molecule has 0 aliphatic heterocycles. The van der Waals surface area contributed by atoms with Gasteiger partial charge in [0.15, 0.2) is 0 Å². The number of pyridine rings is 1. The largest absolute Gasteiger partial charge is 0.362 e. The van der Waals surface area contributed by atoms with E-state index in [4.69, 9.17) is 0 Å². The number of nitrogens with zero attached hydrogens (tertiary/aromatic N) is 3. The van der Waals surface area contributed by atoms with E-state index >= 15 is 0 Å². The lowest BCUT2D eigenvalue weighted by Crippen LogP contribution is -2.10. The first-order valence-electron chi connectivity index (χ1n) is 5.63. The summed E-state index contributed by atoms with van der Waals surface area (Å²) in [5, 5.41) is 3.37. The minimum absolute atomic E-state index is 0.188. The molecule has 0 fully saturated rings. The topological polar surface area (TPSA) is 50.7 Å². The van der Waals surface area contributed by atoms with Gasteiger partial charge in [0.25, 0.3) is 0 Å². The van der Waals surface area contributed by atoms with Gasteiger partial charge in [-0.25, -0.2) is 4.98 Å². The van der Waals surface area contributed by atoms with Crippen molar-refractivity contribution in [3.05, 3.63) is 47.7 Å². The molecule has 0 aromatic carbocycles. The van der Waals surface area contributed by atoms with E-state index in [9.17, 15) is 0 Å². The van der Waals surface area contributed by atoms with Gasteiger partial charge in [0.05, 0.1) is 17.4 Å². The van der Waals surface area contributed by atoms with Gasteiger partial charge in [0.1, 0.15) is 5.82 Å². The maximum Gasteiger partial charge on any atom is 0.148 e. The monoisotopic (exact) mass is 228 g/mol. The molecule has 2 aromatic rings. The summed E-state index contributed by atoms with van der Waals surface area (Å²) in [4.78, 5) is 12.7. The fourth-order valence-electron chi connectivity index (χ4n) is 1.61. The van der Waals surface area contributed by atoms with Crippen molar-refractivity contribution in [3.8, 4) is 0 Å². The Hall–Kier alpha value is -1.97. The Kier molecular flexibility index (Phi) is 3.32. The molecule has 1 N–H and O–H groups in total. The van der Waals surface area contributed by atoms with Gasteiger partial charge in [-0.05, 0) is 38.5 Å². The zero-order chi connectivity index (χ0) is 12.3. The number of aromatic nitrogens is 3. The van der Waals surface area contributed by atoms with Crippen LogP contribution in [0.3, 0.4) is 0 Å². The van der Waals surface area contributed by atoms with Crippen molar-refractivity contribution in [2.45, 2.75) is 26.8 Å². The fraction of sp³-hybridized carbons (Fsp3) is 0.308. The second-order valence-electron chi connectivity index (χ2n) is 4.09. The molecule has 0 bridgehead atoms. The molecule has 2 heterocycles. The highest BCUT2D eigenvalue weighted by Crippen LogP contribution is 2.18. The number of hydrogen-bond donors (Lipinski definition) is 1. The number of rotatable bonds is 3. The molecular weight excluding hydrogens is 212 g/mol. The minimum Gasteiger partial charge on any atom is -0.362 e. The lowest BCUT2D eigenvalue weighted by Gasteiger charge is -2.16. The van der Waals surface area contributed by atoms with Crippen LogP contribution in [0, 0.1) is 13.8 Å². The summed E-state index contributed by atoms with van der Waals surface area (Å²) in [5.74, 6) is 0.842. The standard InChI is InChI=1S/C13H16N4/c1-9-8-15-11(3)13(16-9)17-10(2)12-4-6-14-7-5-12/h4-8,10H,1-3H3,(H,16,17)/t10-/m0/s1. The third-order valence-corrected chi connectivity index (χ3v) is 2.64. The molecule has 0 saturated carbocycles. The first kappa shape index (κ1) is 11.5. The van der Waals surface area contributed by atoms with Crippen molar-refractivity contribution < 1.29 is 0 Å². The lowest BCUT2D eigenvalue weighted by molar-refractivity contribution is 0.859. The van der Waals surface area contributed by atoms with Crippen LogP contribution in [0.4, 0.5) is 5.82 Å². The summed E-state index contributed by atoms with van der Waals surface area (Å²) in [7, 11) is 0. The molecule has 0 amide bonds. The molecular formula is C13H16N4. The van der Waals surface area contributed by atoms with E-state index in [-0.39, 0.29) is 6.04 Å². The Morgan fingerprint density at radius 3 is 2.59 bits per heavy atom. The van der Waals surface area contributed by atoms with Crippen molar-refractivity contribution in [3.63, 3.8) is 0 Å². The second-order valence-corrected chi connectivity index (χ2v) is 4.09. The maximum absolute atomic E-state index is 4.45. The van der Waals surface area contributed by atoms with E-state index in [1.807, 2.05) is 26.0 Å². The summed E-state index contributed by atoms with van der Waals surface area (Å²) in [6.45, 7) is 5.99. The molecule has 2 aromatic heterocycles. The third-order valence-electron chi connectivity index (χ3n) is 2.64. The van der Waals surface area contributed by atoms with E-state index in [1.165, 1.54) is 5.56 Å². The molecule has 17 heavy (non-hydrogen) atoms. The minimum atomic E-state index is 0.188. The lowest BCUT2D eigenvalue weighted by atomic mass is 10.1.